The molecule has 7 heteroatoms. The predicted octanol–water partition coefficient (Wildman–Crippen LogP) is 9.23. The van der Waals surface area contributed by atoms with Crippen LogP contribution in [0.1, 0.15) is 94.8 Å². The molecule has 3 aromatic heterocycles. The molecule has 0 N–H and O–H groups in total. The molecule has 4 aliphatic rings. The zero-order valence-electron chi connectivity index (χ0n) is 21.4. The van der Waals surface area contributed by atoms with E-state index in [1.807, 2.05) is 35.6 Å². The summed E-state index contributed by atoms with van der Waals surface area (Å²) in [5.41, 5.74) is 6.44. The van der Waals surface area contributed by atoms with Crippen molar-refractivity contribution in [3.63, 3.8) is 0 Å². The van der Waals surface area contributed by atoms with Gasteiger partial charge in [0.05, 0.1) is 4.70 Å². The highest BCUT2D eigenvalue weighted by molar-refractivity contribution is 7.29. The first-order valence-electron chi connectivity index (χ1n) is 13.6. The van der Waals surface area contributed by atoms with Crippen LogP contribution in [0.15, 0.2) is 23.3 Å². The molecule has 0 bridgehead atoms. The zero-order chi connectivity index (χ0) is 26.8. The van der Waals surface area contributed by atoms with Gasteiger partial charge < -0.3 is 0 Å². The highest BCUT2D eigenvalue weighted by Crippen LogP contribution is 2.72. The van der Waals surface area contributed by atoms with Crippen molar-refractivity contribution < 1.29 is 0 Å². The van der Waals surface area contributed by atoms with Crippen molar-refractivity contribution in [1.82, 2.24) is 0 Å². The van der Waals surface area contributed by atoms with E-state index in [1.54, 1.807) is 46.0 Å². The van der Waals surface area contributed by atoms with E-state index in [-0.39, 0.29) is 22.0 Å². The van der Waals surface area contributed by atoms with Crippen molar-refractivity contribution in [2.75, 3.05) is 0 Å². The standard InChI is InChI=1S/C32H24N4S3/c33-15-19(16-34)11-21-13-23-28(37-21)25-26(31(23)7-3-1-4-8-31)30-27(32(25)9-5-2-6-10-32)29-24(39-30)14-22(38-29)12-20(17-35)18-36/h11-14H,1-10H2. The summed E-state index contributed by atoms with van der Waals surface area (Å²) in [4.78, 5) is 4.89. The third-order valence-corrected chi connectivity index (χ3v) is 12.7. The number of nitrogens with zero attached hydrogens (tertiary/aromatic N) is 4. The van der Waals surface area contributed by atoms with Crippen molar-refractivity contribution >= 4 is 66.7 Å². The maximum atomic E-state index is 9.42. The highest BCUT2D eigenvalue weighted by Gasteiger charge is 2.59. The predicted molar refractivity (Wildman–Crippen MR) is 159 cm³/mol. The van der Waals surface area contributed by atoms with E-state index in [1.165, 1.54) is 68.8 Å². The minimum absolute atomic E-state index is 0.00485. The summed E-state index contributed by atoms with van der Waals surface area (Å²) in [6, 6.07) is 12.6. The molecule has 0 unspecified atom stereocenters. The average Bonchev–Trinajstić information content (AvgIpc) is 3.73. The van der Waals surface area contributed by atoms with E-state index < -0.39 is 0 Å². The van der Waals surface area contributed by atoms with Gasteiger partial charge in [-0.25, -0.2) is 0 Å². The Balaban J connectivity index is 1.49. The van der Waals surface area contributed by atoms with Gasteiger partial charge in [-0.2, -0.15) is 21.0 Å². The Labute approximate surface area is 240 Å². The van der Waals surface area contributed by atoms with Crippen molar-refractivity contribution in [3.05, 3.63) is 53.9 Å². The second-order valence-electron chi connectivity index (χ2n) is 11.1. The van der Waals surface area contributed by atoms with E-state index in [9.17, 15) is 21.0 Å². The lowest BCUT2D eigenvalue weighted by Crippen LogP contribution is -2.28. The zero-order valence-corrected chi connectivity index (χ0v) is 23.8. The van der Waals surface area contributed by atoms with Crippen molar-refractivity contribution in [3.8, 4) is 24.3 Å². The van der Waals surface area contributed by atoms with Crippen LogP contribution in [0, 0.1) is 45.3 Å². The van der Waals surface area contributed by atoms with E-state index >= 15 is 0 Å². The van der Waals surface area contributed by atoms with Gasteiger partial charge in [-0.05, 0) is 72.2 Å². The van der Waals surface area contributed by atoms with Gasteiger partial charge in [-0.15, -0.1) is 34.0 Å². The summed E-state index contributed by atoms with van der Waals surface area (Å²) >= 11 is 5.44. The maximum Gasteiger partial charge on any atom is 0.131 e. The molecule has 4 aliphatic carbocycles. The number of fused-ring (bicyclic) bond motifs is 10. The summed E-state index contributed by atoms with van der Waals surface area (Å²) in [7, 11) is 0. The third-order valence-electron chi connectivity index (χ3n) is 9.26. The molecule has 3 heterocycles. The summed E-state index contributed by atoms with van der Waals surface area (Å²) < 4.78 is 2.62. The number of nitriles is 4. The quantitative estimate of drug-likeness (QED) is 0.292. The fourth-order valence-electron chi connectivity index (χ4n) is 7.80. The van der Waals surface area contributed by atoms with E-state index in [0.29, 0.717) is 0 Å². The van der Waals surface area contributed by atoms with Gasteiger partial charge in [0, 0.05) is 35.0 Å². The molecule has 0 amide bonds. The van der Waals surface area contributed by atoms with Crippen molar-refractivity contribution in [1.29, 1.82) is 21.0 Å². The molecule has 190 valence electrons. The summed E-state index contributed by atoms with van der Waals surface area (Å²) in [5, 5.41) is 37.5. The molecular weight excluding hydrogens is 537 g/mol. The Hall–Kier alpha value is -3.46. The number of hydrogen-bond acceptors (Lipinski definition) is 7. The monoisotopic (exact) mass is 560 g/mol. The number of thiophene rings is 3. The maximum absolute atomic E-state index is 9.42. The van der Waals surface area contributed by atoms with Crippen molar-refractivity contribution in [2.24, 2.45) is 0 Å². The minimum atomic E-state index is -0.00485. The molecule has 0 atom stereocenters. The molecule has 0 aromatic carbocycles. The number of rotatable bonds is 2. The average molecular weight is 561 g/mol. The Morgan fingerprint density at radius 3 is 1.77 bits per heavy atom. The van der Waals surface area contributed by atoms with E-state index in [4.69, 9.17) is 0 Å². The number of allylic oxidation sites excluding steroid dienone is 4. The van der Waals surface area contributed by atoms with Gasteiger partial charge in [0.2, 0.25) is 0 Å². The van der Waals surface area contributed by atoms with Crippen LogP contribution in [0.2, 0.25) is 0 Å². The first-order valence-corrected chi connectivity index (χ1v) is 16.0. The first kappa shape index (κ1) is 24.6. The van der Waals surface area contributed by atoms with E-state index in [2.05, 4.69) is 12.1 Å². The minimum Gasteiger partial charge on any atom is -0.192 e. The molecule has 0 saturated heterocycles. The van der Waals surface area contributed by atoms with Gasteiger partial charge in [0.25, 0.3) is 0 Å². The normalized spacial score (nSPS) is 19.5. The molecule has 0 aliphatic heterocycles. The van der Waals surface area contributed by atoms with Gasteiger partial charge in [-0.3, -0.25) is 0 Å². The molecule has 2 fully saturated rings. The van der Waals surface area contributed by atoms with Gasteiger partial charge in [-0.1, -0.05) is 38.5 Å². The fourth-order valence-corrected chi connectivity index (χ4v) is 12.1. The van der Waals surface area contributed by atoms with E-state index in [0.717, 1.165) is 35.4 Å². The SMILES string of the molecule is N#CC(C#N)=Cc1cc2c(s1)C1=C(c3sc4cc(C=C(C#N)C#N)sc4c3C13CCCCC3)C21CCCCC1. The third kappa shape index (κ3) is 3.35. The van der Waals surface area contributed by atoms with Crippen LogP contribution in [0.5, 0.6) is 0 Å². The van der Waals surface area contributed by atoms with Gasteiger partial charge in [0.1, 0.15) is 35.4 Å². The van der Waals surface area contributed by atoms with Crippen LogP contribution in [-0.2, 0) is 10.8 Å². The molecule has 0 radical (unpaired) electrons. The molecular formula is C32H24N4S3. The summed E-state index contributed by atoms with van der Waals surface area (Å²) in [6.45, 7) is 0. The van der Waals surface area contributed by atoms with Gasteiger partial charge in [0.15, 0.2) is 0 Å². The molecule has 2 saturated carbocycles. The first-order chi connectivity index (χ1) is 19.1. The molecule has 2 spiro atoms. The van der Waals surface area contributed by atoms with Crippen LogP contribution in [0.25, 0.3) is 32.7 Å². The second-order valence-corrected chi connectivity index (χ2v) is 14.4. The number of hydrogen-bond donors (Lipinski definition) is 0. The fraction of sp³-hybridized carbons (Fsp3) is 0.375. The van der Waals surface area contributed by atoms with Crippen LogP contribution in [0.3, 0.4) is 0 Å². The summed E-state index contributed by atoms with van der Waals surface area (Å²) in [5.74, 6) is 0. The largest absolute Gasteiger partial charge is 0.192 e. The Kier molecular flexibility index (Phi) is 5.70. The summed E-state index contributed by atoms with van der Waals surface area (Å²) in [6.07, 6.45) is 15.5. The smallest absolute Gasteiger partial charge is 0.131 e. The Morgan fingerprint density at radius 2 is 1.18 bits per heavy atom. The van der Waals surface area contributed by atoms with Crippen LogP contribution in [-0.4, -0.2) is 0 Å². The lowest BCUT2D eigenvalue weighted by atomic mass is 9.67. The van der Waals surface area contributed by atoms with Gasteiger partial charge >= 0.3 is 0 Å². The Morgan fingerprint density at radius 1 is 0.641 bits per heavy atom. The topological polar surface area (TPSA) is 95.2 Å². The molecule has 4 nitrogen and oxygen atoms in total. The molecule has 39 heavy (non-hydrogen) atoms. The molecule has 7 rings (SSSR count). The lowest BCUT2D eigenvalue weighted by molar-refractivity contribution is 0.373. The van der Waals surface area contributed by atoms with Crippen LogP contribution >= 0.6 is 34.0 Å². The van der Waals surface area contributed by atoms with Crippen LogP contribution in [0.4, 0.5) is 0 Å². The van der Waals surface area contributed by atoms with Crippen LogP contribution < -0.4 is 0 Å². The Bertz CT molecular complexity index is 1780. The molecule has 3 aromatic rings. The highest BCUT2D eigenvalue weighted by atomic mass is 32.1. The second kappa shape index (κ2) is 9.05. The lowest BCUT2D eigenvalue weighted by Gasteiger charge is -2.37. The van der Waals surface area contributed by atoms with Crippen molar-refractivity contribution in [2.45, 2.75) is 75.0 Å².